The first-order valence-corrected chi connectivity index (χ1v) is 6.02. The lowest BCUT2D eigenvalue weighted by Crippen LogP contribution is -2.12. The summed E-state index contributed by atoms with van der Waals surface area (Å²) in [5.41, 5.74) is 7.29. The third-order valence-corrected chi connectivity index (χ3v) is 3.24. The Hall–Kier alpha value is -1.62. The van der Waals surface area contributed by atoms with Crippen LogP contribution in [0.25, 0.3) is 0 Å². The minimum absolute atomic E-state index is 0.293. The van der Waals surface area contributed by atoms with E-state index in [4.69, 9.17) is 5.73 Å². The van der Waals surface area contributed by atoms with Crippen molar-refractivity contribution >= 4 is 33.0 Å². The van der Waals surface area contributed by atoms with Gasteiger partial charge in [0.2, 0.25) is 0 Å². The molecule has 0 radical (unpaired) electrons. The van der Waals surface area contributed by atoms with Crippen molar-refractivity contribution in [1.29, 1.82) is 0 Å². The van der Waals surface area contributed by atoms with Crippen LogP contribution in [0.4, 0.5) is 25.8 Å². The molecule has 2 aromatic carbocycles. The number of hydrogen-bond donors (Lipinski definition) is 1. The first kappa shape index (κ1) is 12.8. The largest absolute Gasteiger partial charge is 0.399 e. The number of nitrogen functional groups attached to an aromatic ring is 1. The zero-order valence-electron chi connectivity index (χ0n) is 9.62. The van der Waals surface area contributed by atoms with Gasteiger partial charge in [-0.2, -0.15) is 0 Å². The fraction of sp³-hybridized carbons (Fsp3) is 0.0769. The molecule has 2 rings (SSSR count). The topological polar surface area (TPSA) is 29.3 Å². The van der Waals surface area contributed by atoms with Crippen molar-refractivity contribution < 1.29 is 8.78 Å². The molecule has 0 fully saturated rings. The van der Waals surface area contributed by atoms with E-state index in [0.29, 0.717) is 11.4 Å². The van der Waals surface area contributed by atoms with Gasteiger partial charge >= 0.3 is 0 Å². The summed E-state index contributed by atoms with van der Waals surface area (Å²) in [7, 11) is 1.70. The molecule has 2 nitrogen and oxygen atoms in total. The molecule has 0 heterocycles. The molecule has 2 N–H and O–H groups in total. The predicted molar refractivity (Wildman–Crippen MR) is 73.0 cm³/mol. The summed E-state index contributed by atoms with van der Waals surface area (Å²) in [6, 6.07) is 8.69. The van der Waals surface area contributed by atoms with Crippen molar-refractivity contribution in [3.05, 3.63) is 52.5 Å². The molecule has 0 amide bonds. The molecule has 0 bridgehead atoms. The normalized spacial score (nSPS) is 10.4. The number of nitrogens with two attached hydrogens (primary N) is 1. The van der Waals surface area contributed by atoms with E-state index in [9.17, 15) is 8.78 Å². The summed E-state index contributed by atoms with van der Waals surface area (Å²) in [5, 5.41) is 0. The molecule has 0 unspecified atom stereocenters. The fourth-order valence-corrected chi connectivity index (χ4v) is 2.34. The van der Waals surface area contributed by atoms with Crippen molar-refractivity contribution in [2.45, 2.75) is 0 Å². The van der Waals surface area contributed by atoms with E-state index in [1.54, 1.807) is 30.1 Å². The second-order valence-corrected chi connectivity index (χ2v) is 4.72. The highest BCUT2D eigenvalue weighted by Crippen LogP contribution is 2.33. The number of benzene rings is 2. The molecule has 5 heteroatoms. The van der Waals surface area contributed by atoms with Crippen LogP contribution in [0.5, 0.6) is 0 Å². The predicted octanol–water partition coefficient (Wildman–Crippen LogP) is 4.08. The van der Waals surface area contributed by atoms with E-state index in [0.717, 1.165) is 16.2 Å². The highest BCUT2D eigenvalue weighted by molar-refractivity contribution is 9.10. The fourth-order valence-electron chi connectivity index (χ4n) is 1.68. The molecule has 0 saturated carbocycles. The highest BCUT2D eigenvalue weighted by Gasteiger charge is 2.12. The molecule has 0 aliphatic carbocycles. The molecule has 0 atom stereocenters. The Morgan fingerprint density at radius 3 is 2.33 bits per heavy atom. The number of hydrogen-bond acceptors (Lipinski definition) is 2. The van der Waals surface area contributed by atoms with Gasteiger partial charge in [-0.25, -0.2) is 8.78 Å². The van der Waals surface area contributed by atoms with Gasteiger partial charge < -0.3 is 10.6 Å². The summed E-state index contributed by atoms with van der Waals surface area (Å²) in [6.45, 7) is 0. The second-order valence-electron chi connectivity index (χ2n) is 3.87. The van der Waals surface area contributed by atoms with Gasteiger partial charge in [-0.15, -0.1) is 0 Å². The van der Waals surface area contributed by atoms with Crippen LogP contribution in [-0.2, 0) is 0 Å². The Kier molecular flexibility index (Phi) is 3.52. The quantitative estimate of drug-likeness (QED) is 0.847. The van der Waals surface area contributed by atoms with E-state index >= 15 is 0 Å². The zero-order chi connectivity index (χ0) is 13.3. The molecular formula is C13H11BrF2N2. The smallest absolute Gasteiger partial charge is 0.149 e. The number of rotatable bonds is 2. The maximum absolute atomic E-state index is 13.7. The molecule has 2 aromatic rings. The van der Waals surface area contributed by atoms with Crippen LogP contribution in [-0.4, -0.2) is 7.05 Å². The first-order chi connectivity index (χ1) is 8.49. The second kappa shape index (κ2) is 4.94. The Labute approximate surface area is 112 Å². The van der Waals surface area contributed by atoms with Crippen LogP contribution in [0, 0.1) is 11.6 Å². The van der Waals surface area contributed by atoms with Gasteiger partial charge in [-0.3, -0.25) is 0 Å². The maximum Gasteiger partial charge on any atom is 0.149 e. The van der Waals surface area contributed by atoms with Gasteiger partial charge in [-0.05, 0) is 46.3 Å². The Morgan fingerprint density at radius 2 is 1.72 bits per heavy atom. The lowest BCUT2D eigenvalue weighted by Gasteiger charge is -2.21. The maximum atomic E-state index is 13.7. The van der Waals surface area contributed by atoms with Crippen LogP contribution >= 0.6 is 15.9 Å². The van der Waals surface area contributed by atoms with Crippen LogP contribution in [0.1, 0.15) is 0 Å². The van der Waals surface area contributed by atoms with Gasteiger partial charge in [0.1, 0.15) is 11.6 Å². The summed E-state index contributed by atoms with van der Waals surface area (Å²) in [6.07, 6.45) is 0. The molecule has 94 valence electrons. The monoisotopic (exact) mass is 312 g/mol. The minimum Gasteiger partial charge on any atom is -0.399 e. The van der Waals surface area contributed by atoms with Gasteiger partial charge in [-0.1, -0.05) is 0 Å². The summed E-state index contributed by atoms with van der Waals surface area (Å²) in [5.74, 6) is -1.21. The third-order valence-electron chi connectivity index (χ3n) is 2.60. The summed E-state index contributed by atoms with van der Waals surface area (Å²) < 4.78 is 27.3. The standard InChI is InChI=1S/C13H11BrF2N2/c1-18(12-5-3-9(17)7-10(12)14)13-4-2-8(15)6-11(13)16/h2-7H,17H2,1H3. The molecular weight excluding hydrogens is 302 g/mol. The van der Waals surface area contributed by atoms with E-state index in [-0.39, 0.29) is 0 Å². The van der Waals surface area contributed by atoms with Crippen LogP contribution in [0.3, 0.4) is 0 Å². The van der Waals surface area contributed by atoms with Gasteiger partial charge in [0, 0.05) is 23.3 Å². The lowest BCUT2D eigenvalue weighted by atomic mass is 10.2. The SMILES string of the molecule is CN(c1ccc(F)cc1F)c1ccc(N)cc1Br. The van der Waals surface area contributed by atoms with Crippen molar-refractivity contribution in [2.24, 2.45) is 0 Å². The highest BCUT2D eigenvalue weighted by atomic mass is 79.9. The van der Waals surface area contributed by atoms with Crippen molar-refractivity contribution in [3.8, 4) is 0 Å². The van der Waals surface area contributed by atoms with Gasteiger partial charge in [0.25, 0.3) is 0 Å². The summed E-state index contributed by atoms with van der Waals surface area (Å²) >= 11 is 3.37. The summed E-state index contributed by atoms with van der Waals surface area (Å²) in [4.78, 5) is 1.62. The number of anilines is 3. The molecule has 0 saturated heterocycles. The van der Waals surface area contributed by atoms with Crippen molar-refractivity contribution in [1.82, 2.24) is 0 Å². The molecule has 0 aromatic heterocycles. The first-order valence-electron chi connectivity index (χ1n) is 5.23. The Bertz CT molecular complexity index is 536. The average molecular weight is 313 g/mol. The van der Waals surface area contributed by atoms with Gasteiger partial charge in [0.05, 0.1) is 11.4 Å². The van der Waals surface area contributed by atoms with Crippen LogP contribution in [0.2, 0.25) is 0 Å². The van der Waals surface area contributed by atoms with E-state index in [1.165, 1.54) is 12.1 Å². The Balaban J connectivity index is 2.44. The molecule has 18 heavy (non-hydrogen) atoms. The van der Waals surface area contributed by atoms with Gasteiger partial charge in [0.15, 0.2) is 0 Å². The van der Waals surface area contributed by atoms with Crippen molar-refractivity contribution in [3.63, 3.8) is 0 Å². The molecule has 0 aliphatic rings. The number of nitrogens with zero attached hydrogens (tertiary/aromatic N) is 1. The number of halogens is 3. The average Bonchev–Trinajstić information content (AvgIpc) is 2.28. The third kappa shape index (κ3) is 2.46. The van der Waals surface area contributed by atoms with Crippen LogP contribution in [0.15, 0.2) is 40.9 Å². The lowest BCUT2D eigenvalue weighted by molar-refractivity contribution is 0.583. The molecule has 0 spiro atoms. The van der Waals surface area contributed by atoms with E-state index < -0.39 is 11.6 Å². The molecule has 0 aliphatic heterocycles. The Morgan fingerprint density at radius 1 is 1.06 bits per heavy atom. The van der Waals surface area contributed by atoms with Crippen molar-refractivity contribution in [2.75, 3.05) is 17.7 Å². The minimum atomic E-state index is -0.610. The van der Waals surface area contributed by atoms with E-state index in [1.807, 2.05) is 0 Å². The van der Waals surface area contributed by atoms with E-state index in [2.05, 4.69) is 15.9 Å². The van der Waals surface area contributed by atoms with Crippen LogP contribution < -0.4 is 10.6 Å². The zero-order valence-corrected chi connectivity index (χ0v) is 11.2.